The Bertz CT molecular complexity index is 608. The zero-order valence-electron chi connectivity index (χ0n) is 13.1. The lowest BCUT2D eigenvalue weighted by atomic mass is 9.97. The maximum Gasteiger partial charge on any atom is 0.191 e. The molecule has 3 rings (SSSR count). The van der Waals surface area contributed by atoms with E-state index in [2.05, 4.69) is 58.3 Å². The fraction of sp³-hybridized carbons (Fsp3) is 0.500. The van der Waals surface area contributed by atoms with Gasteiger partial charge in [0.1, 0.15) is 5.82 Å². The molecule has 0 spiro atoms. The third-order valence-electron chi connectivity index (χ3n) is 4.02. The summed E-state index contributed by atoms with van der Waals surface area (Å²) < 4.78 is 2.18. The highest BCUT2D eigenvalue weighted by Gasteiger charge is 2.21. The summed E-state index contributed by atoms with van der Waals surface area (Å²) >= 11 is 1.77. The molecule has 4 nitrogen and oxygen atoms in total. The highest BCUT2D eigenvalue weighted by Crippen LogP contribution is 2.27. The molecule has 0 amide bonds. The Kier molecular flexibility index (Phi) is 6.29. The van der Waals surface area contributed by atoms with Crippen molar-refractivity contribution >= 4 is 24.2 Å². The number of nitrogens with zero attached hydrogens (tertiary/aromatic N) is 3. The second-order valence-corrected chi connectivity index (χ2v) is 6.64. The molecule has 0 unspecified atom stereocenters. The van der Waals surface area contributed by atoms with Gasteiger partial charge in [0.15, 0.2) is 5.16 Å². The number of hydrogen-bond acceptors (Lipinski definition) is 4. The number of rotatable bonds is 4. The van der Waals surface area contributed by atoms with Crippen LogP contribution in [0.2, 0.25) is 0 Å². The lowest BCUT2D eigenvalue weighted by molar-refractivity contribution is 0.434. The molecular formula is C16H23ClN4S. The van der Waals surface area contributed by atoms with Gasteiger partial charge in [-0.3, -0.25) is 0 Å². The van der Waals surface area contributed by atoms with Crippen molar-refractivity contribution in [3.63, 3.8) is 0 Å². The zero-order valence-corrected chi connectivity index (χ0v) is 14.7. The number of halogens is 1. The van der Waals surface area contributed by atoms with E-state index in [0.29, 0.717) is 5.92 Å². The van der Waals surface area contributed by atoms with Gasteiger partial charge in [0, 0.05) is 18.7 Å². The quantitative estimate of drug-likeness (QED) is 0.868. The zero-order chi connectivity index (χ0) is 14.7. The maximum absolute atomic E-state index is 4.43. The van der Waals surface area contributed by atoms with Crippen LogP contribution in [-0.2, 0) is 12.8 Å². The minimum Gasteiger partial charge on any atom is -0.317 e. The summed E-state index contributed by atoms with van der Waals surface area (Å²) in [5, 5.41) is 13.2. The van der Waals surface area contributed by atoms with Gasteiger partial charge in [-0.15, -0.1) is 22.6 Å². The number of aryl methyl sites for hydroxylation is 1. The topological polar surface area (TPSA) is 42.7 Å². The normalized spacial score (nSPS) is 15.5. The summed E-state index contributed by atoms with van der Waals surface area (Å²) in [5.74, 6) is 2.64. The van der Waals surface area contributed by atoms with E-state index >= 15 is 0 Å². The number of nitrogens with one attached hydrogen (secondary N) is 1. The summed E-state index contributed by atoms with van der Waals surface area (Å²) in [6.45, 7) is 4.30. The van der Waals surface area contributed by atoms with E-state index in [-0.39, 0.29) is 12.4 Å². The molecule has 0 bridgehead atoms. The highest BCUT2D eigenvalue weighted by molar-refractivity contribution is 7.98. The van der Waals surface area contributed by atoms with Crippen LogP contribution in [-0.4, -0.2) is 27.9 Å². The number of thioether (sulfide) groups is 1. The number of aromatic nitrogens is 3. The van der Waals surface area contributed by atoms with Crippen molar-refractivity contribution in [2.45, 2.75) is 36.6 Å². The van der Waals surface area contributed by atoms with E-state index in [1.54, 1.807) is 11.8 Å². The molecule has 6 heteroatoms. The second-order valence-electron chi connectivity index (χ2n) is 5.70. The molecule has 0 aliphatic carbocycles. The largest absolute Gasteiger partial charge is 0.317 e. The Morgan fingerprint density at radius 1 is 1.27 bits per heavy atom. The SMILES string of the molecule is Cc1cccc(CSc2nnc(C3CCNCC3)n2C)c1.Cl. The van der Waals surface area contributed by atoms with Crippen molar-refractivity contribution in [3.05, 3.63) is 41.2 Å². The summed E-state index contributed by atoms with van der Waals surface area (Å²) in [7, 11) is 2.09. The van der Waals surface area contributed by atoms with Crippen molar-refractivity contribution in [3.8, 4) is 0 Å². The van der Waals surface area contributed by atoms with Crippen LogP contribution in [0.15, 0.2) is 29.4 Å². The average molecular weight is 339 g/mol. The summed E-state index contributed by atoms with van der Waals surface area (Å²) in [4.78, 5) is 0. The van der Waals surface area contributed by atoms with Crippen LogP contribution in [0.3, 0.4) is 0 Å². The smallest absolute Gasteiger partial charge is 0.191 e. The predicted molar refractivity (Wildman–Crippen MR) is 93.8 cm³/mol. The van der Waals surface area contributed by atoms with Gasteiger partial charge in [0.05, 0.1) is 0 Å². The van der Waals surface area contributed by atoms with Gasteiger partial charge in [0.2, 0.25) is 0 Å². The Hall–Kier alpha value is -1.04. The Balaban J connectivity index is 0.00000176. The van der Waals surface area contributed by atoms with Gasteiger partial charge in [0.25, 0.3) is 0 Å². The van der Waals surface area contributed by atoms with Gasteiger partial charge < -0.3 is 9.88 Å². The van der Waals surface area contributed by atoms with Crippen LogP contribution in [0.5, 0.6) is 0 Å². The molecular weight excluding hydrogens is 316 g/mol. The molecule has 1 N–H and O–H groups in total. The molecule has 2 aromatic rings. The molecule has 1 aromatic carbocycles. The van der Waals surface area contributed by atoms with Crippen LogP contribution >= 0.6 is 24.2 Å². The van der Waals surface area contributed by atoms with Crippen LogP contribution < -0.4 is 5.32 Å². The standard InChI is InChI=1S/C16H22N4S.ClH/c1-12-4-3-5-13(10-12)11-21-16-19-18-15(20(16)2)14-6-8-17-9-7-14;/h3-5,10,14,17H,6-9,11H2,1-2H3;1H. The maximum atomic E-state index is 4.43. The molecule has 0 atom stereocenters. The lowest BCUT2D eigenvalue weighted by Crippen LogP contribution is -2.27. The van der Waals surface area contributed by atoms with Gasteiger partial charge in [-0.1, -0.05) is 41.6 Å². The van der Waals surface area contributed by atoms with Crippen LogP contribution in [0.25, 0.3) is 0 Å². The van der Waals surface area contributed by atoms with Crippen molar-refractivity contribution in [1.82, 2.24) is 20.1 Å². The average Bonchev–Trinajstić information content (AvgIpc) is 2.87. The van der Waals surface area contributed by atoms with E-state index in [1.165, 1.54) is 11.1 Å². The number of benzene rings is 1. The minimum atomic E-state index is 0. The van der Waals surface area contributed by atoms with Crippen molar-refractivity contribution in [2.75, 3.05) is 13.1 Å². The van der Waals surface area contributed by atoms with Gasteiger partial charge in [-0.25, -0.2) is 0 Å². The third kappa shape index (κ3) is 4.03. The van der Waals surface area contributed by atoms with Crippen LogP contribution in [0, 0.1) is 6.92 Å². The predicted octanol–water partition coefficient (Wildman–Crippen LogP) is 3.30. The fourth-order valence-corrected chi connectivity index (χ4v) is 3.70. The van der Waals surface area contributed by atoms with Crippen LogP contribution in [0.1, 0.15) is 35.7 Å². The van der Waals surface area contributed by atoms with Gasteiger partial charge >= 0.3 is 0 Å². The molecule has 2 heterocycles. The van der Waals surface area contributed by atoms with Crippen molar-refractivity contribution in [2.24, 2.45) is 7.05 Å². The first-order chi connectivity index (χ1) is 10.2. The van der Waals surface area contributed by atoms with Crippen molar-refractivity contribution < 1.29 is 0 Å². The van der Waals surface area contributed by atoms with E-state index < -0.39 is 0 Å². The fourth-order valence-electron chi connectivity index (χ4n) is 2.84. The van der Waals surface area contributed by atoms with Crippen molar-refractivity contribution in [1.29, 1.82) is 0 Å². The minimum absolute atomic E-state index is 0. The Labute approximate surface area is 142 Å². The molecule has 1 aromatic heterocycles. The number of hydrogen-bond donors (Lipinski definition) is 1. The van der Waals surface area contributed by atoms with E-state index in [9.17, 15) is 0 Å². The first-order valence-electron chi connectivity index (χ1n) is 7.52. The molecule has 1 fully saturated rings. The van der Waals surface area contributed by atoms with E-state index in [1.807, 2.05) is 0 Å². The summed E-state index contributed by atoms with van der Waals surface area (Å²) in [5.41, 5.74) is 2.65. The lowest BCUT2D eigenvalue weighted by Gasteiger charge is -2.21. The Morgan fingerprint density at radius 3 is 2.77 bits per heavy atom. The monoisotopic (exact) mass is 338 g/mol. The Morgan fingerprint density at radius 2 is 2.05 bits per heavy atom. The molecule has 1 saturated heterocycles. The summed E-state index contributed by atoms with van der Waals surface area (Å²) in [6.07, 6.45) is 2.32. The molecule has 120 valence electrons. The molecule has 22 heavy (non-hydrogen) atoms. The summed E-state index contributed by atoms with van der Waals surface area (Å²) in [6, 6.07) is 8.65. The second kappa shape index (κ2) is 7.99. The third-order valence-corrected chi connectivity index (χ3v) is 5.11. The molecule has 0 radical (unpaired) electrons. The first kappa shape index (κ1) is 17.3. The van der Waals surface area contributed by atoms with Gasteiger partial charge in [-0.2, -0.15) is 0 Å². The molecule has 1 aliphatic heterocycles. The molecule has 1 aliphatic rings. The molecule has 0 saturated carbocycles. The van der Waals surface area contributed by atoms with E-state index in [0.717, 1.165) is 42.7 Å². The first-order valence-corrected chi connectivity index (χ1v) is 8.51. The van der Waals surface area contributed by atoms with Crippen LogP contribution in [0.4, 0.5) is 0 Å². The van der Waals surface area contributed by atoms with E-state index in [4.69, 9.17) is 0 Å². The highest BCUT2D eigenvalue weighted by atomic mass is 35.5. The number of piperidine rings is 1. The van der Waals surface area contributed by atoms with Gasteiger partial charge in [-0.05, 0) is 38.4 Å².